The molecule has 16 heavy (non-hydrogen) atoms. The first-order valence-corrected chi connectivity index (χ1v) is 7.05. The molecular formula is C13H17BrOS. The van der Waals surface area contributed by atoms with Crippen molar-refractivity contribution in [2.24, 2.45) is 5.41 Å². The minimum atomic E-state index is 0.0889. The van der Waals surface area contributed by atoms with E-state index in [1.165, 1.54) is 0 Å². The minimum absolute atomic E-state index is 0.0889. The molecule has 0 aliphatic rings. The molecule has 0 saturated carbocycles. The number of benzene rings is 1. The maximum atomic E-state index is 11.7. The van der Waals surface area contributed by atoms with Crippen LogP contribution in [0.4, 0.5) is 0 Å². The lowest BCUT2D eigenvalue weighted by molar-refractivity contribution is -0.118. The fraction of sp³-hybridized carbons (Fsp3) is 0.462. The molecular weight excluding hydrogens is 284 g/mol. The SMILES string of the molecule is CC(C)(C)CC(=O)CSc1ccccc1Br. The zero-order valence-electron chi connectivity index (χ0n) is 9.92. The summed E-state index contributed by atoms with van der Waals surface area (Å²) in [5.74, 6) is 0.869. The summed E-state index contributed by atoms with van der Waals surface area (Å²) in [5.41, 5.74) is 0.0889. The highest BCUT2D eigenvalue weighted by Crippen LogP contribution is 2.28. The van der Waals surface area contributed by atoms with Gasteiger partial charge < -0.3 is 0 Å². The van der Waals surface area contributed by atoms with Crippen LogP contribution in [0.25, 0.3) is 0 Å². The van der Waals surface area contributed by atoms with Crippen molar-refractivity contribution in [3.63, 3.8) is 0 Å². The molecule has 1 nitrogen and oxygen atoms in total. The van der Waals surface area contributed by atoms with Crippen molar-refractivity contribution in [2.75, 3.05) is 5.75 Å². The van der Waals surface area contributed by atoms with Gasteiger partial charge in [-0.25, -0.2) is 0 Å². The Kier molecular flexibility index (Phi) is 5.06. The number of hydrogen-bond donors (Lipinski definition) is 0. The second-order valence-electron chi connectivity index (χ2n) is 5.00. The fourth-order valence-corrected chi connectivity index (χ4v) is 2.79. The van der Waals surface area contributed by atoms with Gasteiger partial charge in [-0.1, -0.05) is 32.9 Å². The van der Waals surface area contributed by atoms with Gasteiger partial charge >= 0.3 is 0 Å². The van der Waals surface area contributed by atoms with E-state index in [2.05, 4.69) is 36.7 Å². The molecule has 1 aromatic rings. The Labute approximate surface area is 110 Å². The van der Waals surface area contributed by atoms with E-state index in [1.54, 1.807) is 11.8 Å². The lowest BCUT2D eigenvalue weighted by Gasteiger charge is -2.16. The van der Waals surface area contributed by atoms with E-state index in [-0.39, 0.29) is 5.41 Å². The molecule has 1 aromatic carbocycles. The summed E-state index contributed by atoms with van der Waals surface area (Å²) in [6.45, 7) is 6.27. The van der Waals surface area contributed by atoms with Crippen molar-refractivity contribution < 1.29 is 4.79 Å². The van der Waals surface area contributed by atoms with Crippen LogP contribution in [-0.2, 0) is 4.79 Å². The Morgan fingerprint density at radius 2 is 1.94 bits per heavy atom. The molecule has 0 aliphatic heterocycles. The van der Waals surface area contributed by atoms with Crippen LogP contribution < -0.4 is 0 Å². The third kappa shape index (κ3) is 5.17. The van der Waals surface area contributed by atoms with Crippen molar-refractivity contribution >= 4 is 33.5 Å². The van der Waals surface area contributed by atoms with Crippen LogP contribution in [0.15, 0.2) is 33.6 Å². The molecule has 0 bridgehead atoms. The molecule has 0 fully saturated rings. The minimum Gasteiger partial charge on any atom is -0.299 e. The number of carbonyl (C=O) groups excluding carboxylic acids is 1. The van der Waals surface area contributed by atoms with Crippen molar-refractivity contribution in [1.82, 2.24) is 0 Å². The molecule has 0 amide bonds. The summed E-state index contributed by atoms with van der Waals surface area (Å²) < 4.78 is 1.06. The van der Waals surface area contributed by atoms with E-state index in [4.69, 9.17) is 0 Å². The Morgan fingerprint density at radius 1 is 1.31 bits per heavy atom. The van der Waals surface area contributed by atoms with Crippen LogP contribution >= 0.6 is 27.7 Å². The number of carbonyl (C=O) groups is 1. The maximum absolute atomic E-state index is 11.7. The van der Waals surface area contributed by atoms with E-state index in [1.807, 2.05) is 24.3 Å². The summed E-state index contributed by atoms with van der Waals surface area (Å²) in [7, 11) is 0. The molecule has 1 rings (SSSR count). The van der Waals surface area contributed by atoms with Crippen LogP contribution in [0.3, 0.4) is 0 Å². The Bertz CT molecular complexity index is 368. The molecule has 0 unspecified atom stereocenters. The van der Waals surface area contributed by atoms with Gasteiger partial charge in [-0.05, 0) is 33.5 Å². The third-order valence-corrected chi connectivity index (χ3v) is 4.04. The fourth-order valence-electron chi connectivity index (χ4n) is 1.36. The smallest absolute Gasteiger partial charge is 0.143 e. The van der Waals surface area contributed by atoms with Crippen molar-refractivity contribution in [2.45, 2.75) is 32.1 Å². The molecule has 0 N–H and O–H groups in total. The van der Waals surface area contributed by atoms with Crippen molar-refractivity contribution in [1.29, 1.82) is 0 Å². The molecule has 88 valence electrons. The summed E-state index contributed by atoms with van der Waals surface area (Å²) in [6, 6.07) is 7.99. The lowest BCUT2D eigenvalue weighted by Crippen LogP contribution is -2.14. The number of Topliss-reactive ketones (excluding diaryl/α,β-unsaturated/α-hetero) is 1. The van der Waals surface area contributed by atoms with E-state index in [0.717, 1.165) is 9.37 Å². The number of ketones is 1. The van der Waals surface area contributed by atoms with Crippen LogP contribution in [0, 0.1) is 5.41 Å². The lowest BCUT2D eigenvalue weighted by atomic mass is 9.90. The molecule has 0 heterocycles. The Morgan fingerprint density at radius 3 is 2.50 bits per heavy atom. The topological polar surface area (TPSA) is 17.1 Å². The van der Waals surface area contributed by atoms with Crippen molar-refractivity contribution in [3.8, 4) is 0 Å². The molecule has 3 heteroatoms. The average Bonchev–Trinajstić information content (AvgIpc) is 2.14. The number of hydrogen-bond acceptors (Lipinski definition) is 2. The predicted octanol–water partition coefficient (Wildman–Crippen LogP) is 4.55. The first-order valence-electron chi connectivity index (χ1n) is 5.27. The standard InChI is InChI=1S/C13H17BrOS/c1-13(2,3)8-10(15)9-16-12-7-5-4-6-11(12)14/h4-7H,8-9H2,1-3H3. The van der Waals surface area contributed by atoms with Gasteiger partial charge in [0.2, 0.25) is 0 Å². The van der Waals surface area contributed by atoms with E-state index >= 15 is 0 Å². The molecule has 0 radical (unpaired) electrons. The summed E-state index contributed by atoms with van der Waals surface area (Å²) in [5, 5.41) is 0. The van der Waals surface area contributed by atoms with Gasteiger partial charge in [-0.3, -0.25) is 4.79 Å². The second-order valence-corrected chi connectivity index (χ2v) is 6.87. The number of halogens is 1. The molecule has 0 saturated heterocycles. The third-order valence-electron chi connectivity index (χ3n) is 1.95. The van der Waals surface area contributed by atoms with Crippen LogP contribution in [-0.4, -0.2) is 11.5 Å². The quantitative estimate of drug-likeness (QED) is 0.759. The summed E-state index contributed by atoms with van der Waals surface area (Å²) >= 11 is 5.08. The van der Waals surface area contributed by atoms with Gasteiger partial charge in [0.05, 0.1) is 5.75 Å². The molecule has 0 spiro atoms. The van der Waals surface area contributed by atoms with Gasteiger partial charge in [-0.15, -0.1) is 11.8 Å². The first kappa shape index (κ1) is 13.8. The number of rotatable bonds is 4. The normalized spacial score (nSPS) is 11.5. The molecule has 0 aromatic heterocycles. The van der Waals surface area contributed by atoms with Crippen molar-refractivity contribution in [3.05, 3.63) is 28.7 Å². The van der Waals surface area contributed by atoms with Gasteiger partial charge in [0.1, 0.15) is 5.78 Å². The molecule has 0 atom stereocenters. The monoisotopic (exact) mass is 300 g/mol. The Hall–Kier alpha value is -0.280. The second kappa shape index (κ2) is 5.87. The highest BCUT2D eigenvalue weighted by molar-refractivity contribution is 9.10. The van der Waals surface area contributed by atoms with Crippen LogP contribution in [0.2, 0.25) is 0 Å². The van der Waals surface area contributed by atoms with E-state index in [9.17, 15) is 4.79 Å². The van der Waals surface area contributed by atoms with E-state index in [0.29, 0.717) is 18.0 Å². The van der Waals surface area contributed by atoms with Crippen LogP contribution in [0.1, 0.15) is 27.2 Å². The molecule has 0 aliphatic carbocycles. The number of thioether (sulfide) groups is 1. The summed E-state index contributed by atoms with van der Waals surface area (Å²) in [4.78, 5) is 12.8. The van der Waals surface area contributed by atoms with Gasteiger partial charge in [0, 0.05) is 15.8 Å². The Balaban J connectivity index is 2.47. The maximum Gasteiger partial charge on any atom is 0.143 e. The van der Waals surface area contributed by atoms with Gasteiger partial charge in [0.25, 0.3) is 0 Å². The highest BCUT2D eigenvalue weighted by atomic mass is 79.9. The van der Waals surface area contributed by atoms with Crippen LogP contribution in [0.5, 0.6) is 0 Å². The average molecular weight is 301 g/mol. The first-order chi connectivity index (χ1) is 7.38. The summed E-state index contributed by atoms with van der Waals surface area (Å²) in [6.07, 6.45) is 0.643. The van der Waals surface area contributed by atoms with Gasteiger partial charge in [-0.2, -0.15) is 0 Å². The predicted molar refractivity (Wildman–Crippen MR) is 73.9 cm³/mol. The van der Waals surface area contributed by atoms with E-state index < -0.39 is 0 Å². The van der Waals surface area contributed by atoms with Gasteiger partial charge in [0.15, 0.2) is 0 Å². The zero-order chi connectivity index (χ0) is 12.2. The highest BCUT2D eigenvalue weighted by Gasteiger charge is 2.16. The zero-order valence-corrected chi connectivity index (χ0v) is 12.3. The largest absolute Gasteiger partial charge is 0.299 e.